The van der Waals surface area contributed by atoms with Gasteiger partial charge in [-0.25, -0.2) is 0 Å². The first-order chi connectivity index (χ1) is 5.60. The Bertz CT molecular complexity index is 147. The third-order valence-corrected chi connectivity index (χ3v) is 2.97. The summed E-state index contributed by atoms with van der Waals surface area (Å²) in [5.74, 6) is 0. The van der Waals surface area contributed by atoms with Crippen molar-refractivity contribution in [3.8, 4) is 0 Å². The van der Waals surface area contributed by atoms with E-state index in [2.05, 4.69) is 32.6 Å². The van der Waals surface area contributed by atoms with Gasteiger partial charge in [0.2, 0.25) is 0 Å². The topological polar surface area (TPSA) is 12.5 Å². The lowest BCUT2D eigenvalue weighted by atomic mass is 9.94. The van der Waals surface area contributed by atoms with Gasteiger partial charge in [-0.15, -0.1) is 0 Å². The van der Waals surface area contributed by atoms with Crippen molar-refractivity contribution in [1.29, 1.82) is 0 Å². The second-order valence-corrected chi connectivity index (χ2v) is 4.19. The predicted octanol–water partition coefficient (Wildman–Crippen LogP) is 1.90. The predicted molar refractivity (Wildman–Crippen MR) is 51.4 cm³/mol. The Morgan fingerprint density at radius 3 is 2.58 bits per heavy atom. The van der Waals surface area contributed by atoms with Crippen molar-refractivity contribution >= 4 is 0 Å². The molecule has 1 unspecified atom stereocenters. The van der Waals surface area contributed by atoms with Gasteiger partial charge < -0.3 is 4.74 Å². The monoisotopic (exact) mass is 171 g/mol. The fourth-order valence-electron chi connectivity index (χ4n) is 1.99. The highest BCUT2D eigenvalue weighted by Crippen LogP contribution is 2.25. The summed E-state index contributed by atoms with van der Waals surface area (Å²) in [4.78, 5) is 2.55. The van der Waals surface area contributed by atoms with Gasteiger partial charge in [0.15, 0.2) is 0 Å². The molecule has 0 saturated carbocycles. The zero-order valence-corrected chi connectivity index (χ0v) is 8.76. The van der Waals surface area contributed by atoms with Crippen molar-refractivity contribution in [3.05, 3.63) is 0 Å². The third kappa shape index (κ3) is 1.80. The Morgan fingerprint density at radius 1 is 1.50 bits per heavy atom. The molecule has 1 atom stereocenters. The molecule has 0 aromatic rings. The molecule has 1 rings (SSSR count). The molecule has 0 N–H and O–H groups in total. The summed E-state index contributed by atoms with van der Waals surface area (Å²) < 4.78 is 5.51. The maximum absolute atomic E-state index is 5.51. The van der Waals surface area contributed by atoms with Gasteiger partial charge in [0.05, 0.1) is 13.2 Å². The van der Waals surface area contributed by atoms with Crippen LogP contribution in [0.15, 0.2) is 0 Å². The molecule has 0 amide bonds. The minimum absolute atomic E-state index is 0.270. The van der Waals surface area contributed by atoms with Crippen LogP contribution in [0.3, 0.4) is 0 Å². The van der Waals surface area contributed by atoms with Crippen LogP contribution in [0.2, 0.25) is 0 Å². The van der Waals surface area contributed by atoms with Gasteiger partial charge in [0.1, 0.15) is 0 Å². The normalized spacial score (nSPS) is 32.8. The largest absolute Gasteiger partial charge is 0.378 e. The molecule has 1 heterocycles. The van der Waals surface area contributed by atoms with Crippen molar-refractivity contribution in [1.82, 2.24) is 4.90 Å². The highest BCUT2D eigenvalue weighted by molar-refractivity contribution is 4.89. The van der Waals surface area contributed by atoms with Crippen LogP contribution in [0.1, 0.15) is 34.1 Å². The van der Waals surface area contributed by atoms with Crippen molar-refractivity contribution in [2.75, 3.05) is 19.8 Å². The lowest BCUT2D eigenvalue weighted by molar-refractivity contribution is -0.0760. The summed E-state index contributed by atoms with van der Waals surface area (Å²) in [6, 6.07) is 0.638. The van der Waals surface area contributed by atoms with Crippen molar-refractivity contribution in [2.45, 2.75) is 45.7 Å². The van der Waals surface area contributed by atoms with Crippen LogP contribution in [-0.2, 0) is 4.74 Å². The van der Waals surface area contributed by atoms with E-state index in [-0.39, 0.29) is 5.54 Å². The molecule has 1 aliphatic heterocycles. The minimum Gasteiger partial charge on any atom is -0.378 e. The number of nitrogens with zero attached hydrogens (tertiary/aromatic N) is 1. The third-order valence-electron chi connectivity index (χ3n) is 2.97. The highest BCUT2D eigenvalue weighted by Gasteiger charge is 2.34. The molecule has 0 aromatic heterocycles. The average Bonchev–Trinajstić information content (AvgIpc) is 2.05. The highest BCUT2D eigenvalue weighted by atomic mass is 16.5. The van der Waals surface area contributed by atoms with Crippen LogP contribution in [0.5, 0.6) is 0 Å². The summed E-state index contributed by atoms with van der Waals surface area (Å²) >= 11 is 0. The van der Waals surface area contributed by atoms with Gasteiger partial charge >= 0.3 is 0 Å². The van der Waals surface area contributed by atoms with E-state index in [4.69, 9.17) is 4.74 Å². The van der Waals surface area contributed by atoms with Gasteiger partial charge in [0, 0.05) is 18.1 Å². The molecule has 0 bridgehead atoms. The van der Waals surface area contributed by atoms with Gasteiger partial charge in [-0.2, -0.15) is 0 Å². The van der Waals surface area contributed by atoms with Gasteiger partial charge in [-0.3, -0.25) is 4.90 Å². The maximum Gasteiger partial charge on any atom is 0.0648 e. The molecule has 0 aromatic carbocycles. The number of hydrogen-bond acceptors (Lipinski definition) is 2. The second kappa shape index (κ2) is 3.75. The standard InChI is InChI=1S/C10H21NO/c1-5-10(4)8-12-7-6-11(10)9(2)3/h9H,5-8H2,1-4H3. The van der Waals surface area contributed by atoms with Crippen LogP contribution in [-0.4, -0.2) is 36.2 Å². The van der Waals surface area contributed by atoms with Crippen LogP contribution in [0.25, 0.3) is 0 Å². The van der Waals surface area contributed by atoms with Crippen molar-refractivity contribution < 1.29 is 4.74 Å². The molecule has 12 heavy (non-hydrogen) atoms. The van der Waals surface area contributed by atoms with Crippen molar-refractivity contribution in [3.63, 3.8) is 0 Å². The van der Waals surface area contributed by atoms with E-state index in [1.54, 1.807) is 0 Å². The first-order valence-corrected chi connectivity index (χ1v) is 4.94. The van der Waals surface area contributed by atoms with Gasteiger partial charge in [-0.1, -0.05) is 6.92 Å². The van der Waals surface area contributed by atoms with E-state index in [1.807, 2.05) is 0 Å². The maximum atomic E-state index is 5.51. The smallest absolute Gasteiger partial charge is 0.0648 e. The van der Waals surface area contributed by atoms with Crippen LogP contribution >= 0.6 is 0 Å². The van der Waals surface area contributed by atoms with E-state index in [1.165, 1.54) is 6.42 Å². The van der Waals surface area contributed by atoms with E-state index in [0.29, 0.717) is 6.04 Å². The summed E-state index contributed by atoms with van der Waals surface area (Å²) in [6.07, 6.45) is 1.17. The molecule has 72 valence electrons. The lowest BCUT2D eigenvalue weighted by Crippen LogP contribution is -2.57. The second-order valence-electron chi connectivity index (χ2n) is 4.19. The van der Waals surface area contributed by atoms with Crippen LogP contribution in [0, 0.1) is 0 Å². The quantitative estimate of drug-likeness (QED) is 0.629. The summed E-state index contributed by atoms with van der Waals surface area (Å²) in [5, 5.41) is 0. The SMILES string of the molecule is CCC1(C)COCCN1C(C)C. The first-order valence-electron chi connectivity index (χ1n) is 4.94. The zero-order chi connectivity index (χ0) is 9.19. The van der Waals surface area contributed by atoms with E-state index >= 15 is 0 Å². The molecule has 1 fully saturated rings. The Labute approximate surface area is 75.9 Å². The zero-order valence-electron chi connectivity index (χ0n) is 8.76. The fraction of sp³-hybridized carbons (Fsp3) is 1.00. The van der Waals surface area contributed by atoms with E-state index < -0.39 is 0 Å². The lowest BCUT2D eigenvalue weighted by Gasteiger charge is -2.46. The molecule has 0 aliphatic carbocycles. The summed E-state index contributed by atoms with van der Waals surface area (Å²) in [5.41, 5.74) is 0.270. The Kier molecular flexibility index (Phi) is 3.13. The van der Waals surface area contributed by atoms with Gasteiger partial charge in [0.25, 0.3) is 0 Å². The van der Waals surface area contributed by atoms with E-state index in [0.717, 1.165) is 19.8 Å². The van der Waals surface area contributed by atoms with Crippen LogP contribution in [0.4, 0.5) is 0 Å². The fourth-order valence-corrected chi connectivity index (χ4v) is 1.99. The molecular weight excluding hydrogens is 150 g/mol. The number of hydrogen-bond donors (Lipinski definition) is 0. The van der Waals surface area contributed by atoms with Crippen molar-refractivity contribution in [2.24, 2.45) is 0 Å². The Balaban J connectivity index is 2.66. The molecule has 1 saturated heterocycles. The van der Waals surface area contributed by atoms with Gasteiger partial charge in [-0.05, 0) is 27.2 Å². The minimum atomic E-state index is 0.270. The number of ether oxygens (including phenoxy) is 1. The molecule has 0 radical (unpaired) electrons. The van der Waals surface area contributed by atoms with E-state index in [9.17, 15) is 0 Å². The Hall–Kier alpha value is -0.0800. The summed E-state index contributed by atoms with van der Waals surface area (Å²) in [7, 11) is 0. The number of morpholine rings is 1. The Morgan fingerprint density at radius 2 is 2.17 bits per heavy atom. The molecule has 2 heteroatoms. The average molecular weight is 171 g/mol. The molecule has 0 spiro atoms. The summed E-state index contributed by atoms with van der Waals surface area (Å²) in [6.45, 7) is 11.9. The number of rotatable bonds is 2. The van der Waals surface area contributed by atoms with Crippen LogP contribution < -0.4 is 0 Å². The molecule has 1 aliphatic rings. The first kappa shape index (κ1) is 10.0. The molecular formula is C10H21NO. The molecule has 2 nitrogen and oxygen atoms in total.